The van der Waals surface area contributed by atoms with E-state index in [0.29, 0.717) is 49.0 Å². The van der Waals surface area contributed by atoms with Crippen LogP contribution in [0.4, 0.5) is 13.2 Å². The van der Waals surface area contributed by atoms with Gasteiger partial charge in [-0.2, -0.15) is 13.2 Å². The lowest BCUT2D eigenvalue weighted by atomic mass is 9.78. The van der Waals surface area contributed by atoms with Crippen molar-refractivity contribution < 1.29 is 23.1 Å². The topological polar surface area (TPSA) is 78.4 Å². The highest BCUT2D eigenvalue weighted by Crippen LogP contribution is 2.56. The summed E-state index contributed by atoms with van der Waals surface area (Å²) in [5, 5.41) is 17.6. The Morgan fingerprint density at radius 2 is 1.97 bits per heavy atom. The predicted molar refractivity (Wildman–Crippen MR) is 133 cm³/mol. The summed E-state index contributed by atoms with van der Waals surface area (Å²) in [4.78, 5) is 24.1. The van der Waals surface area contributed by atoms with Gasteiger partial charge in [-0.05, 0) is 68.9 Å². The average Bonchev–Trinajstić information content (AvgIpc) is 3.61. The van der Waals surface area contributed by atoms with Crippen LogP contribution in [0.15, 0.2) is 23.8 Å². The van der Waals surface area contributed by atoms with E-state index in [1.54, 1.807) is 11.1 Å². The second-order valence-electron chi connectivity index (χ2n) is 11.5. The normalized spacial score (nSPS) is 33.8. The second kappa shape index (κ2) is 9.31. The van der Waals surface area contributed by atoms with E-state index in [0.717, 1.165) is 56.2 Å². The lowest BCUT2D eigenvalue weighted by molar-refractivity contribution is -0.144. The summed E-state index contributed by atoms with van der Waals surface area (Å²) in [6.45, 7) is 0.713. The standard InChI is InChI=1S/C27H33F3N4O2S/c28-27(29,30)19-12-17-16-34(10-5-22(17)32-15-19)24(35)25-6-1-2-18(25)13-21(14-25)33-20-3-7-26(36,8-4-20)23-31-9-11-37-23/h9,11-12,15,18,20-21,33,36H,1-8,10,13-14,16H2/t18-,20-,21-,25-,26-/m1/s1. The van der Waals surface area contributed by atoms with Crippen molar-refractivity contribution in [1.29, 1.82) is 0 Å². The molecule has 4 aliphatic rings. The van der Waals surface area contributed by atoms with E-state index in [1.165, 1.54) is 17.4 Å². The van der Waals surface area contributed by atoms with E-state index in [2.05, 4.69) is 15.3 Å². The largest absolute Gasteiger partial charge is 0.417 e. The van der Waals surface area contributed by atoms with Crippen LogP contribution in [0.25, 0.3) is 0 Å². The van der Waals surface area contributed by atoms with Crippen LogP contribution in [0, 0.1) is 11.3 Å². The van der Waals surface area contributed by atoms with Crippen LogP contribution in [-0.2, 0) is 29.5 Å². The molecule has 0 saturated heterocycles. The molecule has 0 radical (unpaired) electrons. The fourth-order valence-electron chi connectivity index (χ4n) is 7.45. The third-order valence-corrected chi connectivity index (χ3v) is 10.3. The number of halogens is 3. The van der Waals surface area contributed by atoms with Crippen LogP contribution >= 0.6 is 11.3 Å². The highest BCUT2D eigenvalue weighted by molar-refractivity contribution is 7.09. The minimum absolute atomic E-state index is 0.115. The lowest BCUT2D eigenvalue weighted by Crippen LogP contribution is -2.47. The van der Waals surface area contributed by atoms with Crippen LogP contribution < -0.4 is 5.32 Å². The molecule has 0 bridgehead atoms. The number of hydrogen-bond acceptors (Lipinski definition) is 6. The molecule has 6 nitrogen and oxygen atoms in total. The molecule has 6 rings (SSSR count). The van der Waals surface area contributed by atoms with E-state index in [4.69, 9.17) is 0 Å². The molecule has 10 heteroatoms. The molecular formula is C27H33F3N4O2S. The van der Waals surface area contributed by atoms with Crippen molar-refractivity contribution in [3.8, 4) is 0 Å². The quantitative estimate of drug-likeness (QED) is 0.589. The van der Waals surface area contributed by atoms with Crippen molar-refractivity contribution in [2.75, 3.05) is 6.54 Å². The Hall–Kier alpha value is -2.04. The zero-order chi connectivity index (χ0) is 25.8. The van der Waals surface area contributed by atoms with Crippen molar-refractivity contribution >= 4 is 17.2 Å². The summed E-state index contributed by atoms with van der Waals surface area (Å²) in [6, 6.07) is 1.73. The fraction of sp³-hybridized carbons (Fsp3) is 0.667. The molecule has 3 atom stereocenters. The second-order valence-corrected chi connectivity index (χ2v) is 12.4. The first-order chi connectivity index (χ1) is 17.7. The number of carbonyl (C=O) groups is 1. The molecule has 2 N–H and O–H groups in total. The Kier molecular flexibility index (Phi) is 6.35. The molecule has 0 spiro atoms. The van der Waals surface area contributed by atoms with Crippen LogP contribution in [0.2, 0.25) is 0 Å². The molecule has 1 aliphatic heterocycles. The number of carbonyl (C=O) groups excluding carboxylic acids is 1. The molecule has 0 aromatic carbocycles. The maximum Gasteiger partial charge on any atom is 0.417 e. The third kappa shape index (κ3) is 4.59. The molecular weight excluding hydrogens is 501 g/mol. The molecule has 3 saturated carbocycles. The van der Waals surface area contributed by atoms with Gasteiger partial charge in [0.1, 0.15) is 10.6 Å². The van der Waals surface area contributed by atoms with Crippen molar-refractivity contribution in [3.05, 3.63) is 45.7 Å². The van der Waals surface area contributed by atoms with E-state index < -0.39 is 22.8 Å². The Morgan fingerprint density at radius 1 is 1.16 bits per heavy atom. The number of nitrogens with one attached hydrogen (secondary N) is 1. The van der Waals surface area contributed by atoms with Gasteiger partial charge in [0.25, 0.3) is 0 Å². The SMILES string of the molecule is O=C(N1CCc2ncc(C(F)(F)F)cc2C1)[C@@]12CCC[C@@H]1C[C@@H](N[C@H]1CC[C@@](O)(c3nccs3)CC1)C2. The van der Waals surface area contributed by atoms with Gasteiger partial charge in [-0.15, -0.1) is 11.3 Å². The third-order valence-electron chi connectivity index (χ3n) is 9.33. The smallest absolute Gasteiger partial charge is 0.383 e. The predicted octanol–water partition coefficient (Wildman–Crippen LogP) is 4.81. The number of rotatable bonds is 4. The van der Waals surface area contributed by atoms with Gasteiger partial charge in [-0.1, -0.05) is 6.42 Å². The van der Waals surface area contributed by atoms with Crippen LogP contribution in [0.3, 0.4) is 0 Å². The van der Waals surface area contributed by atoms with Crippen LogP contribution in [0.1, 0.15) is 79.6 Å². The van der Waals surface area contributed by atoms with Gasteiger partial charge in [0.2, 0.25) is 5.91 Å². The monoisotopic (exact) mass is 534 g/mol. The number of aromatic nitrogens is 2. The summed E-state index contributed by atoms with van der Waals surface area (Å²) in [6.07, 6.45) is 6.45. The first-order valence-electron chi connectivity index (χ1n) is 13.4. The number of amides is 1. The number of nitrogens with zero attached hydrogens (tertiary/aromatic N) is 3. The van der Waals surface area contributed by atoms with Gasteiger partial charge < -0.3 is 15.3 Å². The Bertz CT molecular complexity index is 1150. The van der Waals surface area contributed by atoms with E-state index >= 15 is 0 Å². The number of fused-ring (bicyclic) bond motifs is 2. The fourth-order valence-corrected chi connectivity index (χ4v) is 8.25. The molecule has 3 heterocycles. The molecule has 0 unspecified atom stereocenters. The molecule has 1 amide bonds. The Labute approximate surface area is 218 Å². The Balaban J connectivity index is 1.11. The highest BCUT2D eigenvalue weighted by Gasteiger charge is 2.56. The minimum Gasteiger partial charge on any atom is -0.383 e. The molecule has 37 heavy (non-hydrogen) atoms. The average molecular weight is 535 g/mol. The van der Waals surface area contributed by atoms with Gasteiger partial charge in [-0.3, -0.25) is 9.78 Å². The summed E-state index contributed by atoms with van der Waals surface area (Å²) < 4.78 is 39.7. The number of alkyl halides is 3. The summed E-state index contributed by atoms with van der Waals surface area (Å²) in [5.41, 5.74) is -0.819. The van der Waals surface area contributed by atoms with Crippen molar-refractivity contribution in [1.82, 2.24) is 20.2 Å². The first kappa shape index (κ1) is 25.2. The summed E-state index contributed by atoms with van der Waals surface area (Å²) in [7, 11) is 0. The van der Waals surface area contributed by atoms with E-state index in [-0.39, 0.29) is 18.5 Å². The molecule has 3 fully saturated rings. The van der Waals surface area contributed by atoms with Crippen LogP contribution in [0.5, 0.6) is 0 Å². The summed E-state index contributed by atoms with van der Waals surface area (Å²) >= 11 is 1.50. The minimum atomic E-state index is -4.44. The van der Waals surface area contributed by atoms with Gasteiger partial charge >= 0.3 is 6.18 Å². The lowest BCUT2D eigenvalue weighted by Gasteiger charge is -2.38. The van der Waals surface area contributed by atoms with Gasteiger partial charge in [-0.25, -0.2) is 4.98 Å². The number of aliphatic hydroxyl groups is 1. The molecule has 2 aromatic heterocycles. The maximum atomic E-state index is 14.0. The molecule has 2 aromatic rings. The maximum absolute atomic E-state index is 14.0. The molecule has 200 valence electrons. The zero-order valence-electron chi connectivity index (χ0n) is 20.8. The number of hydrogen-bond donors (Lipinski definition) is 2. The van der Waals surface area contributed by atoms with Crippen molar-refractivity contribution in [2.24, 2.45) is 11.3 Å². The number of pyridine rings is 1. The Morgan fingerprint density at radius 3 is 2.70 bits per heavy atom. The van der Waals surface area contributed by atoms with Crippen molar-refractivity contribution in [3.63, 3.8) is 0 Å². The van der Waals surface area contributed by atoms with Crippen LogP contribution in [-0.4, -0.2) is 44.5 Å². The van der Waals surface area contributed by atoms with E-state index in [1.807, 2.05) is 5.38 Å². The zero-order valence-corrected chi connectivity index (χ0v) is 21.6. The van der Waals surface area contributed by atoms with E-state index in [9.17, 15) is 23.1 Å². The van der Waals surface area contributed by atoms with Gasteiger partial charge in [0.05, 0.1) is 11.0 Å². The summed E-state index contributed by atoms with van der Waals surface area (Å²) in [5.74, 6) is 0.429. The van der Waals surface area contributed by atoms with Gasteiger partial charge in [0.15, 0.2) is 0 Å². The van der Waals surface area contributed by atoms with Crippen molar-refractivity contribution in [2.45, 2.75) is 94.6 Å². The highest BCUT2D eigenvalue weighted by atomic mass is 32.1. The number of thiazole rings is 1. The first-order valence-corrected chi connectivity index (χ1v) is 14.3. The molecule has 3 aliphatic carbocycles. The van der Waals surface area contributed by atoms with Gasteiger partial charge in [0, 0.05) is 55.1 Å².